The lowest BCUT2D eigenvalue weighted by molar-refractivity contribution is -0.125. The van der Waals surface area contributed by atoms with Gasteiger partial charge in [-0.25, -0.2) is 0 Å². The van der Waals surface area contributed by atoms with Crippen molar-refractivity contribution in [1.29, 1.82) is 0 Å². The maximum Gasteiger partial charge on any atom is 0.223 e. The zero-order chi connectivity index (χ0) is 16.4. The van der Waals surface area contributed by atoms with Crippen LogP contribution < -0.4 is 5.32 Å². The summed E-state index contributed by atoms with van der Waals surface area (Å²) >= 11 is 7.46. The molecule has 2 N–H and O–H groups in total. The van der Waals surface area contributed by atoms with E-state index in [0.29, 0.717) is 6.42 Å². The van der Waals surface area contributed by atoms with Gasteiger partial charge in [0.05, 0.1) is 10.4 Å². The highest BCUT2D eigenvalue weighted by Crippen LogP contribution is 2.27. The number of rotatable bonds is 5. The normalized spacial score (nSPS) is 13.9. The van der Waals surface area contributed by atoms with E-state index in [4.69, 9.17) is 11.6 Å². The van der Waals surface area contributed by atoms with Gasteiger partial charge in [-0.1, -0.05) is 36.7 Å². The van der Waals surface area contributed by atoms with E-state index in [-0.39, 0.29) is 17.9 Å². The van der Waals surface area contributed by atoms with Crippen LogP contribution in [0.1, 0.15) is 30.3 Å². The van der Waals surface area contributed by atoms with Crippen molar-refractivity contribution >= 4 is 39.7 Å². The Balaban J connectivity index is 1.65. The smallest absolute Gasteiger partial charge is 0.223 e. The Labute approximate surface area is 144 Å². The molecule has 23 heavy (non-hydrogen) atoms. The Hall–Kier alpha value is -1.78. The fourth-order valence-corrected chi connectivity index (χ4v) is 3.77. The van der Waals surface area contributed by atoms with Gasteiger partial charge in [-0.05, 0) is 37.1 Å². The third-order valence-corrected chi connectivity index (χ3v) is 5.44. The first kappa shape index (κ1) is 16.1. The molecule has 3 aromatic rings. The first-order valence-electron chi connectivity index (χ1n) is 7.65. The van der Waals surface area contributed by atoms with Gasteiger partial charge in [0.1, 0.15) is 0 Å². The van der Waals surface area contributed by atoms with Gasteiger partial charge < -0.3 is 10.3 Å². The Kier molecular flexibility index (Phi) is 4.74. The van der Waals surface area contributed by atoms with E-state index in [1.807, 2.05) is 50.4 Å². The van der Waals surface area contributed by atoms with Crippen molar-refractivity contribution in [2.24, 2.45) is 5.92 Å². The molecule has 0 aliphatic rings. The van der Waals surface area contributed by atoms with Crippen LogP contribution in [0.5, 0.6) is 0 Å². The maximum absolute atomic E-state index is 12.4. The van der Waals surface area contributed by atoms with E-state index >= 15 is 0 Å². The molecule has 3 nitrogen and oxygen atoms in total. The van der Waals surface area contributed by atoms with E-state index in [1.54, 1.807) is 0 Å². The summed E-state index contributed by atoms with van der Waals surface area (Å²) < 4.78 is 0.743. The molecule has 0 radical (unpaired) electrons. The number of fused-ring (bicyclic) bond motifs is 1. The quantitative estimate of drug-likeness (QED) is 0.675. The number of amides is 1. The lowest BCUT2D eigenvalue weighted by Gasteiger charge is -2.16. The van der Waals surface area contributed by atoms with Crippen LogP contribution >= 0.6 is 22.9 Å². The molecule has 0 fully saturated rings. The molecule has 0 saturated heterocycles. The predicted octanol–water partition coefficient (Wildman–Crippen LogP) is 4.94. The Morgan fingerprint density at radius 2 is 2.04 bits per heavy atom. The first-order chi connectivity index (χ1) is 11.0. The van der Waals surface area contributed by atoms with Crippen molar-refractivity contribution in [3.05, 3.63) is 57.4 Å². The van der Waals surface area contributed by atoms with Crippen LogP contribution in [-0.4, -0.2) is 10.9 Å². The molecule has 0 saturated carbocycles. The number of carbonyl (C=O) groups excluding carboxylic acids is 1. The lowest BCUT2D eigenvalue weighted by Crippen LogP contribution is -2.32. The zero-order valence-electron chi connectivity index (χ0n) is 13.1. The lowest BCUT2D eigenvalue weighted by atomic mass is 9.99. The second-order valence-corrected chi connectivity index (χ2v) is 7.58. The minimum Gasteiger partial charge on any atom is -0.361 e. The zero-order valence-corrected chi connectivity index (χ0v) is 14.7. The molecule has 2 aromatic heterocycles. The Morgan fingerprint density at radius 1 is 1.26 bits per heavy atom. The number of thiophene rings is 1. The summed E-state index contributed by atoms with van der Waals surface area (Å²) in [5, 5.41) is 4.26. The van der Waals surface area contributed by atoms with Crippen LogP contribution in [0.25, 0.3) is 10.9 Å². The minimum absolute atomic E-state index is 0.0228. The van der Waals surface area contributed by atoms with Gasteiger partial charge in [-0.15, -0.1) is 11.3 Å². The summed E-state index contributed by atoms with van der Waals surface area (Å²) in [5.41, 5.74) is 2.28. The minimum atomic E-state index is -0.0907. The summed E-state index contributed by atoms with van der Waals surface area (Å²) in [6.07, 6.45) is 2.71. The van der Waals surface area contributed by atoms with Gasteiger partial charge >= 0.3 is 0 Å². The van der Waals surface area contributed by atoms with Crippen LogP contribution in [-0.2, 0) is 11.2 Å². The Morgan fingerprint density at radius 3 is 2.78 bits per heavy atom. The van der Waals surface area contributed by atoms with Crippen molar-refractivity contribution in [3.63, 3.8) is 0 Å². The average molecular weight is 347 g/mol. The first-order valence-corrected chi connectivity index (χ1v) is 8.84. The van der Waals surface area contributed by atoms with Crippen LogP contribution in [0.2, 0.25) is 4.34 Å². The number of H-pyrrole nitrogens is 1. The Bertz CT molecular complexity index is 823. The standard InChI is InChI=1S/C18H19ClN2OS/c1-11(9-13-10-20-15-6-4-3-5-14(13)15)18(22)21-12(2)16-7-8-17(19)23-16/h3-8,10-12,20H,9H2,1-2H3,(H,21,22). The summed E-state index contributed by atoms with van der Waals surface area (Å²) in [4.78, 5) is 16.8. The van der Waals surface area contributed by atoms with Crippen molar-refractivity contribution in [1.82, 2.24) is 10.3 Å². The average Bonchev–Trinajstić information content (AvgIpc) is 3.14. The molecule has 2 heterocycles. The molecule has 0 aliphatic heterocycles. The van der Waals surface area contributed by atoms with Crippen molar-refractivity contribution in [2.75, 3.05) is 0 Å². The third kappa shape index (κ3) is 3.59. The molecule has 2 atom stereocenters. The van der Waals surface area contributed by atoms with Gasteiger partial charge in [-0.2, -0.15) is 0 Å². The summed E-state index contributed by atoms with van der Waals surface area (Å²) in [5.74, 6) is -0.0283. The molecule has 120 valence electrons. The largest absolute Gasteiger partial charge is 0.361 e. The van der Waals surface area contributed by atoms with Crippen LogP contribution in [0.3, 0.4) is 0 Å². The fourth-order valence-electron chi connectivity index (χ4n) is 2.71. The van der Waals surface area contributed by atoms with Gasteiger partial charge in [-0.3, -0.25) is 4.79 Å². The highest BCUT2D eigenvalue weighted by atomic mass is 35.5. The fraction of sp³-hybridized carbons (Fsp3) is 0.278. The monoisotopic (exact) mass is 346 g/mol. The molecule has 0 spiro atoms. The van der Waals surface area contributed by atoms with Crippen molar-refractivity contribution < 1.29 is 4.79 Å². The number of para-hydroxylation sites is 1. The molecule has 3 rings (SSSR count). The molecule has 0 bridgehead atoms. The van der Waals surface area contributed by atoms with Gasteiger partial charge in [0.25, 0.3) is 0 Å². The second-order valence-electron chi connectivity index (χ2n) is 5.84. The number of nitrogens with one attached hydrogen (secondary N) is 2. The maximum atomic E-state index is 12.4. The van der Waals surface area contributed by atoms with Crippen molar-refractivity contribution in [2.45, 2.75) is 26.3 Å². The highest BCUT2D eigenvalue weighted by molar-refractivity contribution is 7.16. The van der Waals surface area contributed by atoms with Crippen molar-refractivity contribution in [3.8, 4) is 0 Å². The van der Waals surface area contributed by atoms with Gasteiger partial charge in [0.2, 0.25) is 5.91 Å². The topological polar surface area (TPSA) is 44.9 Å². The number of benzene rings is 1. The summed E-state index contributed by atoms with van der Waals surface area (Å²) in [6, 6.07) is 12.0. The second kappa shape index (κ2) is 6.77. The highest BCUT2D eigenvalue weighted by Gasteiger charge is 2.18. The predicted molar refractivity (Wildman–Crippen MR) is 97.1 cm³/mol. The van der Waals surface area contributed by atoms with E-state index in [0.717, 1.165) is 14.7 Å². The van der Waals surface area contributed by atoms with E-state index < -0.39 is 0 Å². The molecule has 1 amide bonds. The molecule has 1 aromatic carbocycles. The van der Waals surface area contributed by atoms with E-state index in [1.165, 1.54) is 22.3 Å². The van der Waals surface area contributed by atoms with Gasteiger partial charge in [0, 0.05) is 27.9 Å². The number of hydrogen-bond donors (Lipinski definition) is 2. The summed E-state index contributed by atoms with van der Waals surface area (Å²) in [6.45, 7) is 3.95. The number of aromatic amines is 1. The van der Waals surface area contributed by atoms with E-state index in [2.05, 4.69) is 16.4 Å². The third-order valence-electron chi connectivity index (χ3n) is 4.03. The molecule has 0 aliphatic carbocycles. The van der Waals surface area contributed by atoms with Gasteiger partial charge in [0.15, 0.2) is 0 Å². The van der Waals surface area contributed by atoms with E-state index in [9.17, 15) is 4.79 Å². The molecule has 5 heteroatoms. The number of carbonyl (C=O) groups is 1. The van der Waals surface area contributed by atoms with Crippen LogP contribution in [0, 0.1) is 5.92 Å². The summed E-state index contributed by atoms with van der Waals surface area (Å²) in [7, 11) is 0. The molecule has 2 unspecified atom stereocenters. The number of hydrogen-bond acceptors (Lipinski definition) is 2. The number of aromatic nitrogens is 1. The van der Waals surface area contributed by atoms with Crippen LogP contribution in [0.15, 0.2) is 42.6 Å². The van der Waals surface area contributed by atoms with Crippen LogP contribution in [0.4, 0.5) is 0 Å². The number of halogens is 1. The SMILES string of the molecule is CC(Cc1c[nH]c2ccccc12)C(=O)NC(C)c1ccc(Cl)s1. The molecular formula is C18H19ClN2OS. The molecular weight excluding hydrogens is 328 g/mol.